The first-order valence-electron chi connectivity index (χ1n) is 7.34. The Hall–Kier alpha value is -0.950. The van der Waals surface area contributed by atoms with E-state index in [9.17, 15) is 8.42 Å². The fourth-order valence-electron chi connectivity index (χ4n) is 2.34. The van der Waals surface area contributed by atoms with Crippen molar-refractivity contribution in [3.8, 4) is 0 Å². The lowest BCUT2D eigenvalue weighted by Crippen LogP contribution is -2.41. The minimum absolute atomic E-state index is 0.267. The van der Waals surface area contributed by atoms with Crippen molar-refractivity contribution in [3.63, 3.8) is 0 Å². The van der Waals surface area contributed by atoms with Gasteiger partial charge in [0, 0.05) is 26.2 Å². The number of ether oxygens (including phenoxy) is 1. The molecule has 1 aliphatic heterocycles. The Bertz CT molecular complexity index is 537. The molecular weight excluding hydrogens is 288 g/mol. The fraction of sp³-hybridized carbons (Fsp3) is 0.600. The van der Waals surface area contributed by atoms with E-state index in [-0.39, 0.29) is 5.92 Å². The third-order valence-electron chi connectivity index (χ3n) is 3.63. The number of sulfonamides is 1. The van der Waals surface area contributed by atoms with Gasteiger partial charge in [0.1, 0.15) is 0 Å². The van der Waals surface area contributed by atoms with Crippen molar-refractivity contribution in [1.82, 2.24) is 9.62 Å². The van der Waals surface area contributed by atoms with Gasteiger partial charge in [0.2, 0.25) is 10.0 Å². The molecule has 1 aromatic rings. The van der Waals surface area contributed by atoms with E-state index in [2.05, 4.69) is 16.5 Å². The monoisotopic (exact) mass is 312 g/mol. The number of hydrogen-bond acceptors (Lipinski definition) is 4. The van der Waals surface area contributed by atoms with Gasteiger partial charge in [-0.05, 0) is 25.0 Å². The first kappa shape index (κ1) is 16.4. The normalized spacial score (nSPS) is 18.6. The van der Waals surface area contributed by atoms with Crippen LogP contribution < -0.4 is 4.72 Å². The quantitative estimate of drug-likeness (QED) is 0.859. The summed E-state index contributed by atoms with van der Waals surface area (Å²) in [6.45, 7) is 8.72. The number of nitrogens with one attached hydrogen (secondary N) is 1. The molecule has 0 spiro atoms. The predicted molar refractivity (Wildman–Crippen MR) is 82.8 cm³/mol. The highest BCUT2D eigenvalue weighted by Gasteiger charge is 2.17. The van der Waals surface area contributed by atoms with Gasteiger partial charge in [0.25, 0.3) is 0 Å². The van der Waals surface area contributed by atoms with Gasteiger partial charge in [-0.25, -0.2) is 13.1 Å². The summed E-state index contributed by atoms with van der Waals surface area (Å²) in [5.41, 5.74) is 1.05. The zero-order valence-electron chi connectivity index (χ0n) is 12.7. The maximum absolute atomic E-state index is 12.2. The lowest BCUT2D eigenvalue weighted by molar-refractivity contribution is 0.0321. The highest BCUT2D eigenvalue weighted by Crippen LogP contribution is 2.10. The van der Waals surface area contributed by atoms with E-state index < -0.39 is 10.0 Å². The highest BCUT2D eigenvalue weighted by molar-refractivity contribution is 7.89. The third kappa shape index (κ3) is 5.07. The minimum Gasteiger partial charge on any atom is -0.379 e. The Morgan fingerprint density at radius 3 is 2.48 bits per heavy atom. The second-order valence-corrected chi connectivity index (χ2v) is 7.45. The molecule has 0 saturated carbocycles. The van der Waals surface area contributed by atoms with Crippen LogP contribution in [0.5, 0.6) is 0 Å². The summed E-state index contributed by atoms with van der Waals surface area (Å²) >= 11 is 0. The summed E-state index contributed by atoms with van der Waals surface area (Å²) in [7, 11) is -3.41. The van der Waals surface area contributed by atoms with Crippen LogP contribution in [0.25, 0.3) is 0 Å². The summed E-state index contributed by atoms with van der Waals surface area (Å²) in [4.78, 5) is 2.64. The molecule has 0 aliphatic carbocycles. The minimum atomic E-state index is -3.41. The first-order chi connectivity index (χ1) is 9.97. The van der Waals surface area contributed by atoms with E-state index >= 15 is 0 Å². The van der Waals surface area contributed by atoms with Gasteiger partial charge in [-0.15, -0.1) is 0 Å². The van der Waals surface area contributed by atoms with Crippen molar-refractivity contribution in [2.24, 2.45) is 5.92 Å². The standard InChI is InChI=1S/C15H24N2O3S/c1-13-3-5-15(6-4-13)21(18,19)16-11-14(2)12-17-7-9-20-10-8-17/h3-6,14,16H,7-12H2,1-2H3. The molecular formula is C15H24N2O3S. The van der Waals surface area contributed by atoms with Crippen LogP contribution in [0, 0.1) is 12.8 Å². The van der Waals surface area contributed by atoms with E-state index in [0.29, 0.717) is 11.4 Å². The molecule has 1 aliphatic rings. The SMILES string of the molecule is Cc1ccc(S(=O)(=O)NCC(C)CN2CCOCC2)cc1. The van der Waals surface area contributed by atoms with Crippen LogP contribution >= 0.6 is 0 Å². The van der Waals surface area contributed by atoms with E-state index in [1.54, 1.807) is 12.1 Å². The zero-order valence-corrected chi connectivity index (χ0v) is 13.5. The molecule has 1 saturated heterocycles. The summed E-state index contributed by atoms with van der Waals surface area (Å²) in [5.74, 6) is 0.267. The molecule has 1 heterocycles. The van der Waals surface area contributed by atoms with E-state index in [1.807, 2.05) is 19.1 Å². The zero-order chi connectivity index (χ0) is 15.3. The molecule has 1 unspecified atom stereocenters. The lowest BCUT2D eigenvalue weighted by atomic mass is 10.1. The summed E-state index contributed by atoms with van der Waals surface area (Å²) in [5, 5.41) is 0. The second-order valence-electron chi connectivity index (χ2n) is 5.68. The van der Waals surface area contributed by atoms with E-state index in [0.717, 1.165) is 38.4 Å². The largest absolute Gasteiger partial charge is 0.379 e. The topological polar surface area (TPSA) is 58.6 Å². The summed E-state index contributed by atoms with van der Waals surface area (Å²) < 4.78 is 32.4. The van der Waals surface area contributed by atoms with Gasteiger partial charge < -0.3 is 4.74 Å². The highest BCUT2D eigenvalue weighted by atomic mass is 32.2. The number of rotatable bonds is 6. The summed E-state index contributed by atoms with van der Waals surface area (Å²) in [6, 6.07) is 6.91. The Morgan fingerprint density at radius 1 is 1.24 bits per heavy atom. The van der Waals surface area contributed by atoms with Crippen LogP contribution in [-0.2, 0) is 14.8 Å². The smallest absolute Gasteiger partial charge is 0.240 e. The second kappa shape index (κ2) is 7.35. The molecule has 0 radical (unpaired) electrons. The Morgan fingerprint density at radius 2 is 1.86 bits per heavy atom. The van der Waals surface area contributed by atoms with Crippen molar-refractivity contribution in [1.29, 1.82) is 0 Å². The van der Waals surface area contributed by atoms with Gasteiger partial charge in [0.05, 0.1) is 18.1 Å². The van der Waals surface area contributed by atoms with E-state index in [4.69, 9.17) is 4.74 Å². The van der Waals surface area contributed by atoms with Crippen LogP contribution in [0.3, 0.4) is 0 Å². The molecule has 2 rings (SSSR count). The van der Waals surface area contributed by atoms with E-state index in [1.165, 1.54) is 0 Å². The van der Waals surface area contributed by atoms with Crippen molar-refractivity contribution < 1.29 is 13.2 Å². The Balaban J connectivity index is 1.84. The lowest BCUT2D eigenvalue weighted by Gasteiger charge is -2.29. The van der Waals surface area contributed by atoms with Crippen LogP contribution in [0.2, 0.25) is 0 Å². The van der Waals surface area contributed by atoms with Gasteiger partial charge in [-0.3, -0.25) is 4.90 Å². The molecule has 0 bridgehead atoms. The average Bonchev–Trinajstić information content (AvgIpc) is 2.47. The van der Waals surface area contributed by atoms with Crippen molar-refractivity contribution in [2.45, 2.75) is 18.7 Å². The number of morpholine rings is 1. The average molecular weight is 312 g/mol. The molecule has 1 aromatic carbocycles. The van der Waals surface area contributed by atoms with Crippen molar-refractivity contribution in [3.05, 3.63) is 29.8 Å². The molecule has 0 amide bonds. The van der Waals surface area contributed by atoms with Crippen LogP contribution in [0.4, 0.5) is 0 Å². The Labute approximate surface area is 127 Å². The molecule has 1 fully saturated rings. The van der Waals surface area contributed by atoms with Crippen LogP contribution in [0.1, 0.15) is 12.5 Å². The Kier molecular flexibility index (Phi) is 5.75. The van der Waals surface area contributed by atoms with Crippen molar-refractivity contribution in [2.75, 3.05) is 39.4 Å². The predicted octanol–water partition coefficient (Wildman–Crippen LogP) is 1.24. The van der Waals surface area contributed by atoms with Crippen LogP contribution in [0.15, 0.2) is 29.2 Å². The molecule has 0 aromatic heterocycles. The number of nitrogens with zero attached hydrogens (tertiary/aromatic N) is 1. The molecule has 118 valence electrons. The first-order valence-corrected chi connectivity index (χ1v) is 8.82. The molecule has 5 nitrogen and oxygen atoms in total. The van der Waals surface area contributed by atoms with Crippen molar-refractivity contribution >= 4 is 10.0 Å². The number of hydrogen-bond donors (Lipinski definition) is 1. The maximum atomic E-state index is 12.2. The number of aryl methyl sites for hydroxylation is 1. The van der Waals surface area contributed by atoms with Gasteiger partial charge in [-0.1, -0.05) is 24.6 Å². The molecule has 6 heteroatoms. The number of benzene rings is 1. The summed E-state index contributed by atoms with van der Waals surface area (Å²) in [6.07, 6.45) is 0. The van der Waals surface area contributed by atoms with Gasteiger partial charge in [0.15, 0.2) is 0 Å². The maximum Gasteiger partial charge on any atom is 0.240 e. The molecule has 1 atom stereocenters. The molecule has 1 N–H and O–H groups in total. The van der Waals surface area contributed by atoms with Gasteiger partial charge in [-0.2, -0.15) is 0 Å². The third-order valence-corrected chi connectivity index (χ3v) is 5.07. The fourth-order valence-corrected chi connectivity index (χ4v) is 3.51. The van der Waals surface area contributed by atoms with Gasteiger partial charge >= 0.3 is 0 Å². The van der Waals surface area contributed by atoms with Crippen LogP contribution in [-0.4, -0.2) is 52.7 Å². The molecule has 21 heavy (non-hydrogen) atoms.